The van der Waals surface area contributed by atoms with E-state index in [1.165, 1.54) is 6.92 Å². The predicted octanol–water partition coefficient (Wildman–Crippen LogP) is 0.0797. The van der Waals surface area contributed by atoms with Crippen LogP contribution in [0.1, 0.15) is 26.7 Å². The minimum atomic E-state index is -0.0575. The zero-order valence-electron chi connectivity index (χ0n) is 8.52. The SMILES string of the molecule is CNCC(C)NC(=O)CCC(C)=O. The van der Waals surface area contributed by atoms with Crippen LogP contribution < -0.4 is 10.6 Å². The van der Waals surface area contributed by atoms with Crippen LogP contribution >= 0.6 is 0 Å². The highest BCUT2D eigenvalue weighted by Gasteiger charge is 2.06. The Balaban J connectivity index is 3.55. The van der Waals surface area contributed by atoms with Crippen molar-refractivity contribution in [1.82, 2.24) is 10.6 Å². The molecule has 0 heterocycles. The molecule has 0 aliphatic carbocycles. The molecule has 0 saturated carbocycles. The summed E-state index contributed by atoms with van der Waals surface area (Å²) in [6.07, 6.45) is 0.626. The van der Waals surface area contributed by atoms with Crippen LogP contribution in [-0.2, 0) is 9.59 Å². The van der Waals surface area contributed by atoms with Crippen LogP contribution in [0.25, 0.3) is 0 Å². The first-order chi connectivity index (χ1) is 6.06. The predicted molar refractivity (Wildman–Crippen MR) is 51.4 cm³/mol. The number of Topliss-reactive ketones (excluding diaryl/α,β-unsaturated/α-hetero) is 1. The fraction of sp³-hybridized carbons (Fsp3) is 0.778. The summed E-state index contributed by atoms with van der Waals surface area (Å²) in [5, 5.41) is 5.74. The maximum Gasteiger partial charge on any atom is 0.220 e. The number of carbonyl (C=O) groups is 2. The van der Waals surface area contributed by atoms with Crippen molar-refractivity contribution in [2.75, 3.05) is 13.6 Å². The van der Waals surface area contributed by atoms with Crippen molar-refractivity contribution in [2.45, 2.75) is 32.7 Å². The number of ketones is 1. The largest absolute Gasteiger partial charge is 0.352 e. The lowest BCUT2D eigenvalue weighted by atomic mass is 10.2. The zero-order valence-corrected chi connectivity index (χ0v) is 8.52. The highest BCUT2D eigenvalue weighted by atomic mass is 16.2. The maximum absolute atomic E-state index is 11.1. The molecular formula is C9H18N2O2. The third-order valence-corrected chi connectivity index (χ3v) is 1.62. The molecule has 1 amide bonds. The second-order valence-electron chi connectivity index (χ2n) is 3.23. The Hall–Kier alpha value is -0.900. The molecule has 0 spiro atoms. The van der Waals surface area contributed by atoms with Crippen molar-refractivity contribution in [2.24, 2.45) is 0 Å². The second kappa shape index (κ2) is 6.60. The summed E-state index contributed by atoms with van der Waals surface area (Å²) in [6.45, 7) is 4.15. The van der Waals surface area contributed by atoms with Gasteiger partial charge in [0, 0.05) is 25.4 Å². The van der Waals surface area contributed by atoms with Crippen LogP contribution in [0.5, 0.6) is 0 Å². The molecule has 0 fully saturated rings. The first-order valence-electron chi connectivity index (χ1n) is 4.49. The number of nitrogens with one attached hydrogen (secondary N) is 2. The van der Waals surface area contributed by atoms with Crippen LogP contribution in [0.15, 0.2) is 0 Å². The maximum atomic E-state index is 11.1. The molecule has 2 N–H and O–H groups in total. The molecule has 0 saturated heterocycles. The van der Waals surface area contributed by atoms with Crippen LogP contribution in [-0.4, -0.2) is 31.3 Å². The average Bonchev–Trinajstić information content (AvgIpc) is 2.01. The van der Waals surface area contributed by atoms with Gasteiger partial charge in [-0.3, -0.25) is 4.79 Å². The minimum Gasteiger partial charge on any atom is -0.352 e. The van der Waals surface area contributed by atoms with Gasteiger partial charge in [0.2, 0.25) is 5.91 Å². The Morgan fingerprint density at radius 2 is 1.92 bits per heavy atom. The fourth-order valence-electron chi connectivity index (χ4n) is 0.994. The molecule has 0 aliphatic heterocycles. The van der Waals surface area contributed by atoms with Crippen molar-refractivity contribution < 1.29 is 9.59 Å². The first kappa shape index (κ1) is 12.1. The number of carbonyl (C=O) groups excluding carboxylic acids is 2. The number of hydrogen-bond acceptors (Lipinski definition) is 3. The van der Waals surface area contributed by atoms with Gasteiger partial charge in [0.05, 0.1) is 0 Å². The Labute approximate surface area is 79.1 Å². The lowest BCUT2D eigenvalue weighted by Gasteiger charge is -2.12. The summed E-state index contributed by atoms with van der Waals surface area (Å²) in [7, 11) is 1.83. The average molecular weight is 186 g/mol. The summed E-state index contributed by atoms with van der Waals surface area (Å²) < 4.78 is 0. The van der Waals surface area contributed by atoms with E-state index in [2.05, 4.69) is 10.6 Å². The number of rotatable bonds is 6. The van der Waals surface area contributed by atoms with E-state index in [0.29, 0.717) is 12.8 Å². The molecule has 0 aromatic carbocycles. The van der Waals surface area contributed by atoms with E-state index in [0.717, 1.165) is 6.54 Å². The number of amides is 1. The second-order valence-corrected chi connectivity index (χ2v) is 3.23. The van der Waals surface area contributed by atoms with E-state index in [1.54, 1.807) is 0 Å². The molecule has 0 aliphatic rings. The molecule has 0 radical (unpaired) electrons. The summed E-state index contributed by atoms with van der Waals surface area (Å²) in [5.41, 5.74) is 0. The van der Waals surface area contributed by atoms with E-state index >= 15 is 0 Å². The van der Waals surface area contributed by atoms with Gasteiger partial charge in [0.25, 0.3) is 0 Å². The van der Waals surface area contributed by atoms with Crippen LogP contribution in [0.2, 0.25) is 0 Å². The zero-order chi connectivity index (χ0) is 10.3. The minimum absolute atomic E-state index is 0.0522. The van der Waals surface area contributed by atoms with Gasteiger partial charge < -0.3 is 15.4 Å². The Bertz CT molecular complexity index is 180. The highest BCUT2D eigenvalue weighted by Crippen LogP contribution is 1.91. The number of hydrogen-bond donors (Lipinski definition) is 2. The van der Waals surface area contributed by atoms with Crippen molar-refractivity contribution in [3.63, 3.8) is 0 Å². The van der Waals surface area contributed by atoms with Gasteiger partial charge in [-0.15, -0.1) is 0 Å². The van der Waals surface area contributed by atoms with Crippen LogP contribution in [0, 0.1) is 0 Å². The summed E-state index contributed by atoms with van der Waals surface area (Å²) in [4.78, 5) is 21.7. The molecule has 4 heteroatoms. The Kier molecular flexibility index (Phi) is 6.14. The van der Waals surface area contributed by atoms with Crippen LogP contribution in [0.4, 0.5) is 0 Å². The van der Waals surface area contributed by atoms with E-state index in [9.17, 15) is 9.59 Å². The molecule has 0 aromatic rings. The molecule has 13 heavy (non-hydrogen) atoms. The third kappa shape index (κ3) is 7.46. The third-order valence-electron chi connectivity index (χ3n) is 1.62. The van der Waals surface area contributed by atoms with E-state index in [4.69, 9.17) is 0 Å². The fourth-order valence-corrected chi connectivity index (χ4v) is 0.994. The molecule has 0 rings (SSSR count). The first-order valence-corrected chi connectivity index (χ1v) is 4.49. The molecule has 1 unspecified atom stereocenters. The van der Waals surface area contributed by atoms with Crippen molar-refractivity contribution in [1.29, 1.82) is 0 Å². The van der Waals surface area contributed by atoms with Gasteiger partial charge in [0.15, 0.2) is 0 Å². The molecule has 4 nitrogen and oxygen atoms in total. The van der Waals surface area contributed by atoms with Gasteiger partial charge in [-0.25, -0.2) is 0 Å². The number of likely N-dealkylation sites (N-methyl/N-ethyl adjacent to an activating group) is 1. The van der Waals surface area contributed by atoms with Gasteiger partial charge in [0.1, 0.15) is 5.78 Å². The van der Waals surface area contributed by atoms with Crippen molar-refractivity contribution in [3.8, 4) is 0 Å². The highest BCUT2D eigenvalue weighted by molar-refractivity contribution is 5.83. The topological polar surface area (TPSA) is 58.2 Å². The lowest BCUT2D eigenvalue weighted by molar-refractivity contribution is -0.125. The lowest BCUT2D eigenvalue weighted by Crippen LogP contribution is -2.38. The smallest absolute Gasteiger partial charge is 0.220 e. The Morgan fingerprint density at radius 1 is 1.31 bits per heavy atom. The van der Waals surface area contributed by atoms with Gasteiger partial charge in [-0.05, 0) is 20.9 Å². The van der Waals surface area contributed by atoms with Gasteiger partial charge in [-0.2, -0.15) is 0 Å². The summed E-state index contributed by atoms with van der Waals surface area (Å²) in [5.74, 6) is -0.00521. The quantitative estimate of drug-likeness (QED) is 0.617. The van der Waals surface area contributed by atoms with Crippen molar-refractivity contribution in [3.05, 3.63) is 0 Å². The molecule has 76 valence electrons. The van der Waals surface area contributed by atoms with Crippen LogP contribution in [0.3, 0.4) is 0 Å². The van der Waals surface area contributed by atoms with Crippen molar-refractivity contribution >= 4 is 11.7 Å². The molecule has 0 aromatic heterocycles. The standard InChI is InChI=1S/C9H18N2O2/c1-7(6-10-3)11-9(13)5-4-8(2)12/h7,10H,4-6H2,1-3H3,(H,11,13). The van der Waals surface area contributed by atoms with E-state index < -0.39 is 0 Å². The van der Waals surface area contributed by atoms with Gasteiger partial charge in [-0.1, -0.05) is 0 Å². The van der Waals surface area contributed by atoms with Gasteiger partial charge >= 0.3 is 0 Å². The Morgan fingerprint density at radius 3 is 2.38 bits per heavy atom. The molecule has 0 bridgehead atoms. The normalized spacial score (nSPS) is 12.2. The summed E-state index contributed by atoms with van der Waals surface area (Å²) >= 11 is 0. The van der Waals surface area contributed by atoms with E-state index in [1.807, 2.05) is 14.0 Å². The summed E-state index contributed by atoms with van der Waals surface area (Å²) in [6, 6.07) is 0.115. The van der Waals surface area contributed by atoms with E-state index in [-0.39, 0.29) is 17.7 Å². The molecular weight excluding hydrogens is 168 g/mol. The molecule has 1 atom stereocenters. The monoisotopic (exact) mass is 186 g/mol.